The number of benzene rings is 1. The van der Waals surface area contributed by atoms with Gasteiger partial charge in [-0.15, -0.1) is 0 Å². The van der Waals surface area contributed by atoms with Gasteiger partial charge in [-0.3, -0.25) is 0 Å². The molecule has 1 aromatic heterocycles. The standard InChI is InChI=1S/C19H25N3/c1-12-9-17(20)11-22-13(2)18(21-19(12)22)16-8-7-14-5-3-4-6-15(14)10-16/h7-8,10,12,17H,3-6,9,11,20H2,1-2H3. The van der Waals surface area contributed by atoms with Crippen LogP contribution in [0.2, 0.25) is 0 Å². The first kappa shape index (κ1) is 14.0. The fourth-order valence-corrected chi connectivity index (χ4v) is 4.18. The van der Waals surface area contributed by atoms with Crippen LogP contribution in [0.4, 0.5) is 0 Å². The predicted molar refractivity (Wildman–Crippen MR) is 90.0 cm³/mol. The van der Waals surface area contributed by atoms with Crippen LogP contribution in [0.25, 0.3) is 11.3 Å². The third-order valence-electron chi connectivity index (χ3n) is 5.39. The topological polar surface area (TPSA) is 43.8 Å². The molecule has 2 unspecified atom stereocenters. The van der Waals surface area contributed by atoms with E-state index in [9.17, 15) is 0 Å². The van der Waals surface area contributed by atoms with Crippen LogP contribution in [0.3, 0.4) is 0 Å². The highest BCUT2D eigenvalue weighted by Gasteiger charge is 2.27. The van der Waals surface area contributed by atoms with Gasteiger partial charge in [0.25, 0.3) is 0 Å². The summed E-state index contributed by atoms with van der Waals surface area (Å²) in [4.78, 5) is 4.99. The molecule has 3 nitrogen and oxygen atoms in total. The maximum Gasteiger partial charge on any atom is 0.112 e. The fraction of sp³-hybridized carbons (Fsp3) is 0.526. The van der Waals surface area contributed by atoms with Crippen LogP contribution in [-0.4, -0.2) is 15.6 Å². The average molecular weight is 295 g/mol. The van der Waals surface area contributed by atoms with Crippen LogP contribution in [0.1, 0.15) is 54.7 Å². The van der Waals surface area contributed by atoms with Gasteiger partial charge in [0, 0.05) is 29.8 Å². The Morgan fingerprint density at radius 1 is 1.18 bits per heavy atom. The number of aromatic nitrogens is 2. The minimum atomic E-state index is 0.256. The Morgan fingerprint density at radius 2 is 1.95 bits per heavy atom. The molecule has 2 heterocycles. The summed E-state index contributed by atoms with van der Waals surface area (Å²) in [5, 5.41) is 0. The third-order valence-corrected chi connectivity index (χ3v) is 5.39. The quantitative estimate of drug-likeness (QED) is 0.874. The first-order valence-corrected chi connectivity index (χ1v) is 8.58. The molecule has 0 saturated carbocycles. The van der Waals surface area contributed by atoms with Crippen molar-refractivity contribution in [2.45, 2.75) is 64.5 Å². The molecular formula is C19H25N3. The first-order valence-electron chi connectivity index (χ1n) is 8.58. The molecule has 2 atom stereocenters. The molecule has 1 aliphatic carbocycles. The summed E-state index contributed by atoms with van der Waals surface area (Å²) in [6.45, 7) is 5.34. The Hall–Kier alpha value is -1.61. The van der Waals surface area contributed by atoms with Crippen LogP contribution in [0.15, 0.2) is 18.2 Å². The van der Waals surface area contributed by atoms with Crippen molar-refractivity contribution < 1.29 is 0 Å². The van der Waals surface area contributed by atoms with Gasteiger partial charge < -0.3 is 10.3 Å². The van der Waals surface area contributed by atoms with Crippen molar-refractivity contribution in [3.63, 3.8) is 0 Å². The predicted octanol–water partition coefficient (Wildman–Crippen LogP) is 3.57. The van der Waals surface area contributed by atoms with Gasteiger partial charge in [0.1, 0.15) is 5.82 Å². The molecule has 1 aromatic carbocycles. The summed E-state index contributed by atoms with van der Waals surface area (Å²) in [6.07, 6.45) is 6.15. The molecule has 2 N–H and O–H groups in total. The van der Waals surface area contributed by atoms with Gasteiger partial charge >= 0.3 is 0 Å². The molecule has 0 bridgehead atoms. The molecule has 0 saturated heterocycles. The largest absolute Gasteiger partial charge is 0.330 e. The van der Waals surface area contributed by atoms with Gasteiger partial charge in [-0.25, -0.2) is 4.98 Å². The highest BCUT2D eigenvalue weighted by Crippen LogP contribution is 2.34. The lowest BCUT2D eigenvalue weighted by Crippen LogP contribution is -2.34. The van der Waals surface area contributed by atoms with E-state index < -0.39 is 0 Å². The van der Waals surface area contributed by atoms with Crippen LogP contribution in [0.5, 0.6) is 0 Å². The lowest BCUT2D eigenvalue weighted by atomic mass is 9.90. The number of fused-ring (bicyclic) bond motifs is 2. The Kier molecular flexibility index (Phi) is 3.33. The SMILES string of the molecule is Cc1c(-c2ccc3c(c2)CCCC3)nc2n1CC(N)CC2C. The molecule has 0 fully saturated rings. The van der Waals surface area contributed by atoms with Crippen molar-refractivity contribution in [3.8, 4) is 11.3 Å². The molecule has 2 aromatic rings. The van der Waals surface area contributed by atoms with Gasteiger partial charge in [-0.2, -0.15) is 0 Å². The van der Waals surface area contributed by atoms with E-state index in [0.29, 0.717) is 5.92 Å². The minimum Gasteiger partial charge on any atom is -0.330 e. The maximum absolute atomic E-state index is 6.20. The average Bonchev–Trinajstić information content (AvgIpc) is 2.84. The van der Waals surface area contributed by atoms with Gasteiger partial charge in [-0.1, -0.05) is 19.1 Å². The molecule has 0 amide bonds. The zero-order valence-electron chi connectivity index (χ0n) is 13.6. The highest BCUT2D eigenvalue weighted by atomic mass is 15.1. The second-order valence-electron chi connectivity index (χ2n) is 7.10. The highest BCUT2D eigenvalue weighted by molar-refractivity contribution is 5.64. The number of rotatable bonds is 1. The summed E-state index contributed by atoms with van der Waals surface area (Å²) in [5.74, 6) is 1.67. The number of aryl methyl sites for hydroxylation is 2. The van der Waals surface area contributed by atoms with Gasteiger partial charge in [0.15, 0.2) is 0 Å². The molecule has 22 heavy (non-hydrogen) atoms. The van der Waals surface area contributed by atoms with E-state index >= 15 is 0 Å². The van der Waals surface area contributed by atoms with E-state index in [4.69, 9.17) is 10.7 Å². The Labute approximate surface area is 132 Å². The van der Waals surface area contributed by atoms with E-state index in [2.05, 4.69) is 36.6 Å². The van der Waals surface area contributed by atoms with Crippen molar-refractivity contribution in [2.75, 3.05) is 0 Å². The zero-order chi connectivity index (χ0) is 15.3. The second-order valence-corrected chi connectivity index (χ2v) is 7.10. The molecule has 116 valence electrons. The number of hydrogen-bond donors (Lipinski definition) is 1. The summed E-state index contributed by atoms with van der Waals surface area (Å²) in [7, 11) is 0. The van der Waals surface area contributed by atoms with Crippen LogP contribution in [0, 0.1) is 6.92 Å². The number of nitrogens with two attached hydrogens (primary N) is 1. The molecule has 0 radical (unpaired) electrons. The Bertz CT molecular complexity index is 714. The summed E-state index contributed by atoms with van der Waals surface area (Å²) < 4.78 is 2.34. The Morgan fingerprint density at radius 3 is 2.77 bits per heavy atom. The lowest BCUT2D eigenvalue weighted by Gasteiger charge is -2.26. The van der Waals surface area contributed by atoms with Crippen molar-refractivity contribution in [1.29, 1.82) is 0 Å². The smallest absolute Gasteiger partial charge is 0.112 e. The normalized spacial score (nSPS) is 24.0. The molecule has 0 spiro atoms. The van der Waals surface area contributed by atoms with Crippen molar-refractivity contribution in [3.05, 3.63) is 40.8 Å². The van der Waals surface area contributed by atoms with Crippen molar-refractivity contribution in [1.82, 2.24) is 9.55 Å². The van der Waals surface area contributed by atoms with Crippen molar-refractivity contribution >= 4 is 0 Å². The van der Waals surface area contributed by atoms with Crippen LogP contribution >= 0.6 is 0 Å². The number of imidazole rings is 1. The van der Waals surface area contributed by atoms with Crippen LogP contribution in [-0.2, 0) is 19.4 Å². The summed E-state index contributed by atoms with van der Waals surface area (Å²) in [6, 6.07) is 7.21. The fourth-order valence-electron chi connectivity index (χ4n) is 4.18. The van der Waals surface area contributed by atoms with E-state index in [0.717, 1.165) is 18.7 Å². The third kappa shape index (κ3) is 2.19. The molecular weight excluding hydrogens is 270 g/mol. The number of hydrogen-bond acceptors (Lipinski definition) is 2. The maximum atomic E-state index is 6.20. The number of nitrogens with zero attached hydrogens (tertiary/aromatic N) is 2. The van der Waals surface area contributed by atoms with Gasteiger partial charge in [0.2, 0.25) is 0 Å². The van der Waals surface area contributed by atoms with Gasteiger partial charge in [0.05, 0.1) is 5.69 Å². The second kappa shape index (κ2) is 5.24. The lowest BCUT2D eigenvalue weighted by molar-refractivity contribution is 0.403. The van der Waals surface area contributed by atoms with Gasteiger partial charge in [-0.05, 0) is 56.2 Å². The van der Waals surface area contributed by atoms with Crippen molar-refractivity contribution in [2.24, 2.45) is 5.73 Å². The minimum absolute atomic E-state index is 0.256. The van der Waals surface area contributed by atoms with E-state index in [1.807, 2.05) is 0 Å². The zero-order valence-corrected chi connectivity index (χ0v) is 13.6. The summed E-state index contributed by atoms with van der Waals surface area (Å²) >= 11 is 0. The van der Waals surface area contributed by atoms with E-state index in [1.54, 1.807) is 0 Å². The van der Waals surface area contributed by atoms with Crippen LogP contribution < -0.4 is 5.73 Å². The summed E-state index contributed by atoms with van der Waals surface area (Å²) in [5.41, 5.74) is 13.0. The van der Waals surface area contributed by atoms with E-state index in [-0.39, 0.29) is 6.04 Å². The molecule has 3 heteroatoms. The first-order chi connectivity index (χ1) is 10.6. The Balaban J connectivity index is 1.79. The molecule has 2 aliphatic rings. The molecule has 1 aliphatic heterocycles. The monoisotopic (exact) mass is 295 g/mol. The molecule has 4 rings (SSSR count). The van der Waals surface area contributed by atoms with E-state index in [1.165, 1.54) is 53.9 Å².